The van der Waals surface area contributed by atoms with Crippen molar-refractivity contribution in [2.24, 2.45) is 0 Å². The average Bonchev–Trinajstić information content (AvgIpc) is 2.07. The number of nitrogen functional groups attached to an aromatic ring is 1. The summed E-state index contributed by atoms with van der Waals surface area (Å²) in [6.07, 6.45) is -4.39. The Morgan fingerprint density at radius 2 is 2.00 bits per heavy atom. The van der Waals surface area contributed by atoms with Gasteiger partial charge in [-0.3, -0.25) is 0 Å². The zero-order valence-electron chi connectivity index (χ0n) is 7.56. The predicted octanol–water partition coefficient (Wildman–Crippen LogP) is 2.43. The molecule has 14 heavy (non-hydrogen) atoms. The molecule has 78 valence electrons. The molecule has 0 unspecified atom stereocenters. The number of anilines is 1. The molecular weight excluding hydrogens is 195 g/mol. The molecule has 0 spiro atoms. The maximum Gasteiger partial charge on any atom is 0.416 e. The van der Waals surface area contributed by atoms with Crippen LogP contribution in [0.2, 0.25) is 0 Å². The molecule has 0 aromatic heterocycles. The highest BCUT2D eigenvalue weighted by molar-refractivity contribution is 5.51. The molecule has 0 aliphatic rings. The van der Waals surface area contributed by atoms with E-state index >= 15 is 0 Å². The van der Waals surface area contributed by atoms with Crippen molar-refractivity contribution in [1.29, 1.82) is 0 Å². The lowest BCUT2D eigenvalue weighted by Crippen LogP contribution is -2.11. The molecule has 2 nitrogen and oxygen atoms in total. The summed E-state index contributed by atoms with van der Waals surface area (Å²) in [7, 11) is 1.33. The van der Waals surface area contributed by atoms with Crippen molar-refractivity contribution in [2.45, 2.75) is 12.8 Å². The van der Waals surface area contributed by atoms with Gasteiger partial charge in [-0.25, -0.2) is 0 Å². The normalized spacial score (nSPS) is 11.7. The van der Waals surface area contributed by atoms with Gasteiger partial charge in [-0.1, -0.05) is 6.07 Å². The molecule has 0 fully saturated rings. The molecule has 1 aromatic rings. The maximum atomic E-state index is 12.4. The number of halogens is 3. The van der Waals surface area contributed by atoms with Crippen LogP contribution in [0.25, 0.3) is 0 Å². The molecule has 0 amide bonds. The van der Waals surface area contributed by atoms with E-state index in [4.69, 9.17) is 5.73 Å². The number of nitrogens with two attached hydrogens (primary N) is 1. The highest BCUT2D eigenvalue weighted by Gasteiger charge is 2.33. The topological polar surface area (TPSA) is 35.2 Å². The fourth-order valence-electron chi connectivity index (χ4n) is 1.18. The summed E-state index contributed by atoms with van der Waals surface area (Å²) in [5.41, 5.74) is 4.77. The molecule has 5 heteroatoms. The van der Waals surface area contributed by atoms with Gasteiger partial charge in [-0.05, 0) is 12.1 Å². The van der Waals surface area contributed by atoms with E-state index in [-0.39, 0.29) is 17.9 Å². The number of rotatable bonds is 2. The van der Waals surface area contributed by atoms with Crippen LogP contribution in [-0.4, -0.2) is 7.11 Å². The molecule has 0 saturated carbocycles. The molecule has 0 radical (unpaired) electrons. The Hall–Kier alpha value is -1.23. The Morgan fingerprint density at radius 1 is 1.36 bits per heavy atom. The van der Waals surface area contributed by atoms with E-state index in [9.17, 15) is 13.2 Å². The first-order chi connectivity index (χ1) is 6.46. The van der Waals surface area contributed by atoms with Crippen molar-refractivity contribution < 1.29 is 17.9 Å². The first-order valence-corrected chi connectivity index (χ1v) is 3.90. The van der Waals surface area contributed by atoms with E-state index in [0.717, 1.165) is 6.07 Å². The molecule has 0 aliphatic carbocycles. The first-order valence-electron chi connectivity index (χ1n) is 3.90. The van der Waals surface area contributed by atoms with Crippen LogP contribution in [0.3, 0.4) is 0 Å². The van der Waals surface area contributed by atoms with E-state index in [1.54, 1.807) is 0 Å². The highest BCUT2D eigenvalue weighted by atomic mass is 19.4. The zero-order chi connectivity index (χ0) is 10.8. The third-order valence-corrected chi connectivity index (χ3v) is 1.81. The number of hydrogen-bond donors (Lipinski definition) is 1. The van der Waals surface area contributed by atoms with Crippen LogP contribution in [0.15, 0.2) is 18.2 Å². The van der Waals surface area contributed by atoms with Gasteiger partial charge in [0, 0.05) is 18.4 Å². The highest BCUT2D eigenvalue weighted by Crippen LogP contribution is 2.34. The zero-order valence-corrected chi connectivity index (χ0v) is 7.56. The summed E-state index contributed by atoms with van der Waals surface area (Å²) in [5, 5.41) is 0. The van der Waals surface area contributed by atoms with Gasteiger partial charge in [-0.15, -0.1) is 0 Å². The van der Waals surface area contributed by atoms with Crippen molar-refractivity contribution in [2.75, 3.05) is 12.8 Å². The van der Waals surface area contributed by atoms with Gasteiger partial charge in [0.2, 0.25) is 0 Å². The third kappa shape index (κ3) is 2.17. The van der Waals surface area contributed by atoms with Crippen LogP contribution in [-0.2, 0) is 17.5 Å². The second-order valence-electron chi connectivity index (χ2n) is 2.80. The second-order valence-corrected chi connectivity index (χ2v) is 2.80. The van der Waals surface area contributed by atoms with E-state index in [0.29, 0.717) is 0 Å². The number of hydrogen-bond acceptors (Lipinski definition) is 2. The summed E-state index contributed by atoms with van der Waals surface area (Å²) in [6.45, 7) is -0.137. The number of alkyl halides is 3. The van der Waals surface area contributed by atoms with Crippen LogP contribution >= 0.6 is 0 Å². The van der Waals surface area contributed by atoms with Gasteiger partial charge in [0.1, 0.15) is 0 Å². The van der Waals surface area contributed by atoms with Crippen molar-refractivity contribution in [3.63, 3.8) is 0 Å². The van der Waals surface area contributed by atoms with Crippen molar-refractivity contribution in [3.05, 3.63) is 29.3 Å². The summed E-state index contributed by atoms with van der Waals surface area (Å²) in [6, 6.07) is 3.69. The third-order valence-electron chi connectivity index (χ3n) is 1.81. The van der Waals surface area contributed by atoms with Crippen LogP contribution < -0.4 is 5.73 Å². The van der Waals surface area contributed by atoms with Gasteiger partial charge in [0.05, 0.1) is 12.2 Å². The van der Waals surface area contributed by atoms with Gasteiger partial charge >= 0.3 is 6.18 Å². The largest absolute Gasteiger partial charge is 0.416 e. The minimum atomic E-state index is -4.39. The minimum Gasteiger partial charge on any atom is -0.398 e. The first kappa shape index (κ1) is 10.8. The van der Waals surface area contributed by atoms with Gasteiger partial charge in [-0.2, -0.15) is 13.2 Å². The lowest BCUT2D eigenvalue weighted by atomic mass is 10.1. The summed E-state index contributed by atoms with van der Waals surface area (Å²) in [4.78, 5) is 0. The molecule has 0 bridgehead atoms. The molecule has 0 saturated heterocycles. The van der Waals surface area contributed by atoms with Crippen molar-refractivity contribution in [1.82, 2.24) is 0 Å². The average molecular weight is 205 g/mol. The van der Waals surface area contributed by atoms with Gasteiger partial charge < -0.3 is 10.5 Å². The Kier molecular flexibility index (Phi) is 3.00. The fraction of sp³-hybridized carbons (Fsp3) is 0.333. The Balaban J connectivity index is 3.21. The quantitative estimate of drug-likeness (QED) is 0.752. The number of benzene rings is 1. The number of ether oxygens (including phenoxy) is 1. The van der Waals surface area contributed by atoms with Gasteiger partial charge in [0.15, 0.2) is 0 Å². The van der Waals surface area contributed by atoms with Crippen LogP contribution in [0.5, 0.6) is 0 Å². The fourth-order valence-corrected chi connectivity index (χ4v) is 1.18. The Labute approximate surface area is 79.5 Å². The molecule has 0 aliphatic heterocycles. The summed E-state index contributed by atoms with van der Waals surface area (Å²) in [5.74, 6) is 0. The van der Waals surface area contributed by atoms with E-state index < -0.39 is 11.7 Å². The summed E-state index contributed by atoms with van der Waals surface area (Å²) < 4.78 is 42.0. The lowest BCUT2D eigenvalue weighted by Gasteiger charge is -2.13. The SMILES string of the molecule is COCc1c(N)cccc1C(F)(F)F. The molecule has 1 rings (SSSR count). The van der Waals surface area contributed by atoms with Crippen molar-refractivity contribution in [3.8, 4) is 0 Å². The van der Waals surface area contributed by atoms with Crippen LogP contribution in [0.4, 0.5) is 18.9 Å². The van der Waals surface area contributed by atoms with Crippen LogP contribution in [0.1, 0.15) is 11.1 Å². The smallest absolute Gasteiger partial charge is 0.398 e. The Bertz CT molecular complexity index is 322. The predicted molar refractivity (Wildman–Crippen MR) is 46.6 cm³/mol. The minimum absolute atomic E-state index is 0.0116. The van der Waals surface area contributed by atoms with E-state index in [1.165, 1.54) is 19.2 Å². The molecule has 0 heterocycles. The Morgan fingerprint density at radius 3 is 2.50 bits per heavy atom. The van der Waals surface area contributed by atoms with E-state index in [1.807, 2.05) is 0 Å². The molecular formula is C9H10F3NO. The number of methoxy groups -OCH3 is 1. The van der Waals surface area contributed by atoms with Gasteiger partial charge in [0.25, 0.3) is 0 Å². The maximum absolute atomic E-state index is 12.4. The monoisotopic (exact) mass is 205 g/mol. The van der Waals surface area contributed by atoms with Crippen LogP contribution in [0, 0.1) is 0 Å². The molecule has 1 aromatic carbocycles. The lowest BCUT2D eigenvalue weighted by molar-refractivity contribution is -0.138. The van der Waals surface area contributed by atoms with Crippen molar-refractivity contribution >= 4 is 5.69 Å². The molecule has 2 N–H and O–H groups in total. The summed E-state index contributed by atoms with van der Waals surface area (Å²) >= 11 is 0. The van der Waals surface area contributed by atoms with E-state index in [2.05, 4.69) is 4.74 Å². The standard InChI is InChI=1S/C9H10F3NO/c1-14-5-6-7(9(10,11)12)3-2-4-8(6)13/h2-4H,5,13H2,1H3. The second kappa shape index (κ2) is 3.88. The molecule has 0 atom stereocenters.